The van der Waals surface area contributed by atoms with Crippen molar-refractivity contribution in [2.75, 3.05) is 0 Å². The molecular weight excluding hydrogens is 212 g/mol. The summed E-state index contributed by atoms with van der Waals surface area (Å²) in [6, 6.07) is 0. The SMILES string of the molecule is C=C.C=C.C=C.[Ce]. The van der Waals surface area contributed by atoms with Gasteiger partial charge in [0.1, 0.15) is 0 Å². The molecule has 0 aliphatic carbocycles. The van der Waals surface area contributed by atoms with Gasteiger partial charge >= 0.3 is 0 Å². The molecule has 0 aromatic carbocycles. The Hall–Kier alpha value is 0.597. The Bertz CT molecular complexity index is 8.90. The molecule has 0 aromatic heterocycles. The fraction of sp³-hybridized carbons (Fsp3) is 0. The predicted octanol–water partition coefficient (Wildman–Crippen LogP) is 2.41. The average molecular weight is 224 g/mol. The van der Waals surface area contributed by atoms with Crippen molar-refractivity contribution in [2.24, 2.45) is 0 Å². The summed E-state index contributed by atoms with van der Waals surface area (Å²) in [5.74, 6) is 0. The summed E-state index contributed by atoms with van der Waals surface area (Å²) in [7, 11) is 0. The minimum absolute atomic E-state index is 0. The topological polar surface area (TPSA) is 0 Å². The van der Waals surface area contributed by atoms with E-state index in [0.29, 0.717) is 0 Å². The van der Waals surface area contributed by atoms with Gasteiger partial charge in [-0.3, -0.25) is 0 Å². The van der Waals surface area contributed by atoms with Crippen molar-refractivity contribution in [1.29, 1.82) is 0 Å². The maximum atomic E-state index is 3.00. The molecule has 0 nitrogen and oxygen atoms in total. The Balaban J connectivity index is -0.00000000900. The first-order valence-corrected chi connectivity index (χ1v) is 1.50. The number of rotatable bonds is 0. The predicted molar refractivity (Wildman–Crippen MR) is 33.8 cm³/mol. The molecule has 0 rings (SSSR count). The fourth-order valence-electron chi connectivity index (χ4n) is 0. The minimum Gasteiger partial charge on any atom is -0.106 e. The van der Waals surface area contributed by atoms with Crippen LogP contribution >= 0.6 is 0 Å². The van der Waals surface area contributed by atoms with E-state index in [9.17, 15) is 0 Å². The van der Waals surface area contributed by atoms with E-state index >= 15 is 0 Å². The molecule has 7 heavy (non-hydrogen) atoms. The largest absolute Gasteiger partial charge is 0.106 e. The standard InChI is InChI=1S/3C2H4.Ce/c3*1-2;/h3*1-2H2;. The van der Waals surface area contributed by atoms with E-state index in [0.717, 1.165) is 0 Å². The normalized spacial score (nSPS) is 1.71. The van der Waals surface area contributed by atoms with Gasteiger partial charge in [-0.15, -0.1) is 39.5 Å². The van der Waals surface area contributed by atoms with Gasteiger partial charge < -0.3 is 0 Å². The molecule has 0 amide bonds. The van der Waals surface area contributed by atoms with E-state index < -0.39 is 0 Å². The molecule has 0 aliphatic heterocycles. The summed E-state index contributed by atoms with van der Waals surface area (Å²) in [5.41, 5.74) is 0. The van der Waals surface area contributed by atoms with Crippen LogP contribution in [0.4, 0.5) is 0 Å². The first kappa shape index (κ1) is 25.6. The summed E-state index contributed by atoms with van der Waals surface area (Å²) in [6.07, 6.45) is 0. The van der Waals surface area contributed by atoms with Gasteiger partial charge in [0.25, 0.3) is 0 Å². The van der Waals surface area contributed by atoms with Crippen molar-refractivity contribution in [2.45, 2.75) is 0 Å². The van der Waals surface area contributed by atoms with E-state index in [1.54, 1.807) is 0 Å². The molecule has 0 aliphatic rings. The molecule has 40 valence electrons. The molecule has 0 fully saturated rings. The second kappa shape index (κ2) is 580. The third-order valence-corrected chi connectivity index (χ3v) is 0. The zero-order valence-corrected chi connectivity index (χ0v) is 7.88. The third-order valence-electron chi connectivity index (χ3n) is 0. The van der Waals surface area contributed by atoms with Crippen molar-refractivity contribution in [3.05, 3.63) is 39.5 Å². The maximum absolute atomic E-state index is 3.00. The molecule has 0 heterocycles. The van der Waals surface area contributed by atoms with Gasteiger partial charge in [0.05, 0.1) is 0 Å². The zero-order chi connectivity index (χ0) is 6.00. The van der Waals surface area contributed by atoms with E-state index in [1.807, 2.05) is 0 Å². The van der Waals surface area contributed by atoms with Crippen LogP contribution in [0.25, 0.3) is 0 Å². The van der Waals surface area contributed by atoms with E-state index in [4.69, 9.17) is 0 Å². The van der Waals surface area contributed by atoms with E-state index in [2.05, 4.69) is 39.5 Å². The van der Waals surface area contributed by atoms with Gasteiger partial charge in [0.15, 0.2) is 0 Å². The van der Waals surface area contributed by atoms with Crippen LogP contribution in [0.2, 0.25) is 0 Å². The molecule has 0 aromatic rings. The van der Waals surface area contributed by atoms with Crippen molar-refractivity contribution in [1.82, 2.24) is 0 Å². The average Bonchev–Trinajstić information content (AvgIpc) is 1.81. The maximum Gasteiger partial charge on any atom is 0 e. The first-order valence-electron chi connectivity index (χ1n) is 1.50. The van der Waals surface area contributed by atoms with Crippen LogP contribution in [-0.2, 0) is 0 Å². The molecule has 1 heteroatoms. The second-order valence-corrected chi connectivity index (χ2v) is 0. The quantitative estimate of drug-likeness (QED) is 0.554. The van der Waals surface area contributed by atoms with E-state index in [-0.39, 0.29) is 41.7 Å². The minimum atomic E-state index is 0. The van der Waals surface area contributed by atoms with Crippen LogP contribution < -0.4 is 0 Å². The monoisotopic (exact) mass is 224 g/mol. The Morgan fingerprint density at radius 1 is 0.429 bits per heavy atom. The molecule has 0 N–H and O–H groups in total. The summed E-state index contributed by atoms with van der Waals surface area (Å²) in [6.45, 7) is 18.0. The molecule has 0 atom stereocenters. The van der Waals surface area contributed by atoms with Crippen LogP contribution in [0.3, 0.4) is 0 Å². The Kier molecular flexibility index (Phi) is 2120. The van der Waals surface area contributed by atoms with Crippen molar-refractivity contribution >= 4 is 0 Å². The summed E-state index contributed by atoms with van der Waals surface area (Å²) < 4.78 is 0. The Morgan fingerprint density at radius 2 is 0.429 bits per heavy atom. The van der Waals surface area contributed by atoms with Crippen LogP contribution in [0, 0.1) is 41.7 Å². The van der Waals surface area contributed by atoms with Crippen molar-refractivity contribution in [3.8, 4) is 0 Å². The Labute approximate surface area is 80.4 Å². The number of hydrogen-bond donors (Lipinski definition) is 0. The zero-order valence-electron chi connectivity index (χ0n) is 4.74. The van der Waals surface area contributed by atoms with Crippen LogP contribution in [0.1, 0.15) is 0 Å². The summed E-state index contributed by atoms with van der Waals surface area (Å²) >= 11 is 0. The van der Waals surface area contributed by atoms with Gasteiger partial charge in [-0.2, -0.15) is 0 Å². The van der Waals surface area contributed by atoms with Crippen molar-refractivity contribution in [3.63, 3.8) is 0 Å². The second-order valence-electron chi connectivity index (χ2n) is 0. The molecule has 0 radical (unpaired) electrons. The van der Waals surface area contributed by atoms with Crippen molar-refractivity contribution < 1.29 is 41.7 Å². The summed E-state index contributed by atoms with van der Waals surface area (Å²) in [4.78, 5) is 0. The first-order chi connectivity index (χ1) is 3.00. The van der Waals surface area contributed by atoms with Gasteiger partial charge in [0.2, 0.25) is 0 Å². The molecule has 0 bridgehead atoms. The van der Waals surface area contributed by atoms with Gasteiger partial charge in [-0.1, -0.05) is 0 Å². The number of hydrogen-bond acceptors (Lipinski definition) is 0. The van der Waals surface area contributed by atoms with E-state index in [1.165, 1.54) is 0 Å². The molecule has 0 saturated carbocycles. The van der Waals surface area contributed by atoms with Gasteiger partial charge in [-0.05, 0) is 0 Å². The summed E-state index contributed by atoms with van der Waals surface area (Å²) in [5, 5.41) is 0. The van der Waals surface area contributed by atoms with Crippen LogP contribution in [0.5, 0.6) is 0 Å². The smallest absolute Gasteiger partial charge is 0 e. The molecule has 0 unspecified atom stereocenters. The Morgan fingerprint density at radius 3 is 0.429 bits per heavy atom. The molecule has 0 saturated heterocycles. The fourth-order valence-corrected chi connectivity index (χ4v) is 0. The molecular formula is C6H12Ce. The van der Waals surface area contributed by atoms with Crippen LogP contribution in [0.15, 0.2) is 39.5 Å². The van der Waals surface area contributed by atoms with Gasteiger partial charge in [-0.25, -0.2) is 0 Å². The molecule has 0 spiro atoms. The third kappa shape index (κ3) is 392. The van der Waals surface area contributed by atoms with Gasteiger partial charge in [0, 0.05) is 41.7 Å². The van der Waals surface area contributed by atoms with Crippen LogP contribution in [-0.4, -0.2) is 0 Å².